The van der Waals surface area contributed by atoms with E-state index >= 15 is 0 Å². The van der Waals surface area contributed by atoms with Crippen molar-refractivity contribution < 1.29 is 9.15 Å². The lowest BCUT2D eigenvalue weighted by Crippen LogP contribution is -1.90. The number of rotatable bonds is 6. The van der Waals surface area contributed by atoms with Crippen molar-refractivity contribution in [2.24, 2.45) is 0 Å². The summed E-state index contributed by atoms with van der Waals surface area (Å²) < 4.78 is 11.1. The standard InChI is InChI=1S/C18H17ClN2O2/c1-22-16-11-10-14(19)12-15(16)18-21-20-17(23-18)9-5-8-13-6-3-2-4-7-13/h2-4,6-7,10-12H,5,8-9H2,1H3. The maximum atomic E-state index is 6.04. The lowest BCUT2D eigenvalue weighted by Gasteiger charge is -2.04. The van der Waals surface area contributed by atoms with Crippen LogP contribution in [0.5, 0.6) is 5.75 Å². The van der Waals surface area contributed by atoms with E-state index in [-0.39, 0.29) is 0 Å². The van der Waals surface area contributed by atoms with Crippen molar-refractivity contribution in [1.82, 2.24) is 10.2 Å². The Hall–Kier alpha value is -2.33. The Morgan fingerprint density at radius 3 is 2.65 bits per heavy atom. The second kappa shape index (κ2) is 7.29. The number of halogens is 1. The van der Waals surface area contributed by atoms with Crippen LogP contribution in [0.4, 0.5) is 0 Å². The highest BCUT2D eigenvalue weighted by atomic mass is 35.5. The molecule has 3 aromatic rings. The fourth-order valence-corrected chi connectivity index (χ4v) is 2.57. The van der Waals surface area contributed by atoms with Crippen molar-refractivity contribution in [2.75, 3.05) is 7.11 Å². The lowest BCUT2D eigenvalue weighted by molar-refractivity contribution is 0.413. The fourth-order valence-electron chi connectivity index (χ4n) is 2.40. The van der Waals surface area contributed by atoms with E-state index < -0.39 is 0 Å². The molecule has 3 rings (SSSR count). The molecule has 0 spiro atoms. The molecule has 0 aliphatic rings. The first-order valence-electron chi connectivity index (χ1n) is 7.46. The predicted molar refractivity (Wildman–Crippen MR) is 89.8 cm³/mol. The summed E-state index contributed by atoms with van der Waals surface area (Å²) in [5.74, 6) is 1.71. The third-order valence-electron chi connectivity index (χ3n) is 3.56. The minimum Gasteiger partial charge on any atom is -0.496 e. The van der Waals surface area contributed by atoms with Crippen molar-refractivity contribution >= 4 is 11.6 Å². The molecule has 0 aliphatic carbocycles. The second-order valence-corrected chi connectivity index (χ2v) is 5.62. The molecule has 0 atom stereocenters. The van der Waals surface area contributed by atoms with Crippen LogP contribution in [-0.2, 0) is 12.8 Å². The molecular weight excluding hydrogens is 312 g/mol. The van der Waals surface area contributed by atoms with Gasteiger partial charge in [-0.2, -0.15) is 0 Å². The fraction of sp³-hybridized carbons (Fsp3) is 0.222. The summed E-state index contributed by atoms with van der Waals surface area (Å²) >= 11 is 6.04. The Morgan fingerprint density at radius 2 is 1.87 bits per heavy atom. The third-order valence-corrected chi connectivity index (χ3v) is 3.79. The molecule has 0 saturated carbocycles. The first-order chi connectivity index (χ1) is 11.3. The molecule has 2 aromatic carbocycles. The van der Waals surface area contributed by atoms with Crippen LogP contribution < -0.4 is 4.74 Å². The molecule has 23 heavy (non-hydrogen) atoms. The van der Waals surface area contributed by atoms with Gasteiger partial charge in [0.05, 0.1) is 12.7 Å². The monoisotopic (exact) mass is 328 g/mol. The molecule has 0 N–H and O–H groups in total. The average Bonchev–Trinajstić information content (AvgIpc) is 3.04. The van der Waals surface area contributed by atoms with Crippen molar-refractivity contribution in [3.8, 4) is 17.2 Å². The van der Waals surface area contributed by atoms with Gasteiger partial charge in [0.1, 0.15) is 5.75 Å². The van der Waals surface area contributed by atoms with Crippen LogP contribution >= 0.6 is 11.6 Å². The zero-order valence-electron chi connectivity index (χ0n) is 12.8. The van der Waals surface area contributed by atoms with Gasteiger partial charge in [-0.25, -0.2) is 0 Å². The number of ether oxygens (including phenoxy) is 1. The van der Waals surface area contributed by atoms with Crippen LogP contribution in [0.2, 0.25) is 5.02 Å². The topological polar surface area (TPSA) is 48.2 Å². The first-order valence-corrected chi connectivity index (χ1v) is 7.84. The summed E-state index contributed by atoms with van der Waals surface area (Å²) in [4.78, 5) is 0. The van der Waals surface area contributed by atoms with Crippen molar-refractivity contribution in [3.05, 3.63) is 65.0 Å². The summed E-state index contributed by atoms with van der Waals surface area (Å²) in [6.07, 6.45) is 2.68. The highest BCUT2D eigenvalue weighted by Crippen LogP contribution is 2.31. The average molecular weight is 329 g/mol. The molecule has 0 amide bonds. The molecular formula is C18H17ClN2O2. The van der Waals surface area contributed by atoms with Gasteiger partial charge in [0.2, 0.25) is 5.89 Å². The largest absolute Gasteiger partial charge is 0.496 e. The zero-order valence-corrected chi connectivity index (χ0v) is 13.6. The molecule has 0 aliphatic heterocycles. The van der Waals surface area contributed by atoms with Gasteiger partial charge in [-0.15, -0.1) is 10.2 Å². The normalized spacial score (nSPS) is 10.7. The van der Waals surface area contributed by atoms with Gasteiger partial charge in [0, 0.05) is 11.4 Å². The van der Waals surface area contributed by atoms with Gasteiger partial charge in [-0.1, -0.05) is 41.9 Å². The van der Waals surface area contributed by atoms with Crippen LogP contribution in [0.25, 0.3) is 11.5 Å². The zero-order chi connectivity index (χ0) is 16.1. The minimum atomic E-state index is 0.430. The van der Waals surface area contributed by atoms with Gasteiger partial charge >= 0.3 is 0 Å². The predicted octanol–water partition coefficient (Wildman–Crippen LogP) is 4.57. The van der Waals surface area contributed by atoms with Gasteiger partial charge in [-0.05, 0) is 36.6 Å². The Kier molecular flexibility index (Phi) is 4.93. The third kappa shape index (κ3) is 3.90. The van der Waals surface area contributed by atoms with E-state index in [4.69, 9.17) is 20.8 Å². The molecule has 4 nitrogen and oxygen atoms in total. The van der Waals surface area contributed by atoms with Crippen molar-refractivity contribution in [2.45, 2.75) is 19.3 Å². The minimum absolute atomic E-state index is 0.430. The first kappa shape index (κ1) is 15.6. The lowest BCUT2D eigenvalue weighted by atomic mass is 10.1. The van der Waals surface area contributed by atoms with E-state index in [2.05, 4.69) is 22.3 Å². The van der Waals surface area contributed by atoms with Crippen molar-refractivity contribution in [3.63, 3.8) is 0 Å². The quantitative estimate of drug-likeness (QED) is 0.665. The van der Waals surface area contributed by atoms with Crippen molar-refractivity contribution in [1.29, 1.82) is 0 Å². The van der Waals surface area contributed by atoms with Crippen LogP contribution in [0, 0.1) is 0 Å². The molecule has 118 valence electrons. The van der Waals surface area contributed by atoms with E-state index in [9.17, 15) is 0 Å². The molecule has 5 heteroatoms. The Balaban J connectivity index is 1.67. The molecule has 0 unspecified atom stereocenters. The summed E-state index contributed by atoms with van der Waals surface area (Å²) in [5.41, 5.74) is 2.02. The molecule has 0 radical (unpaired) electrons. The molecule has 0 saturated heterocycles. The van der Waals surface area contributed by atoms with Gasteiger partial charge in [0.15, 0.2) is 0 Å². The van der Waals surface area contributed by atoms with E-state index in [0.717, 1.165) is 19.3 Å². The van der Waals surface area contributed by atoms with Crippen LogP contribution in [0.3, 0.4) is 0 Å². The van der Waals surface area contributed by atoms with Gasteiger partial charge < -0.3 is 9.15 Å². The summed E-state index contributed by atoms with van der Waals surface area (Å²) in [6.45, 7) is 0. The Labute approximate surface area is 140 Å². The number of nitrogens with zero attached hydrogens (tertiary/aromatic N) is 2. The molecule has 1 heterocycles. The van der Waals surface area contributed by atoms with Crippen LogP contribution in [-0.4, -0.2) is 17.3 Å². The van der Waals surface area contributed by atoms with Crippen LogP contribution in [0.15, 0.2) is 52.9 Å². The second-order valence-electron chi connectivity index (χ2n) is 5.18. The summed E-state index contributed by atoms with van der Waals surface area (Å²) in [7, 11) is 1.60. The molecule has 0 fully saturated rings. The highest BCUT2D eigenvalue weighted by Gasteiger charge is 2.14. The number of hydrogen-bond donors (Lipinski definition) is 0. The maximum absolute atomic E-state index is 6.04. The maximum Gasteiger partial charge on any atom is 0.251 e. The number of methoxy groups -OCH3 is 1. The smallest absolute Gasteiger partial charge is 0.251 e. The SMILES string of the molecule is COc1ccc(Cl)cc1-c1nnc(CCCc2ccccc2)o1. The Bertz CT molecular complexity index is 772. The van der Waals surface area contributed by atoms with E-state index in [1.54, 1.807) is 25.3 Å². The van der Waals surface area contributed by atoms with E-state index in [1.807, 2.05) is 18.2 Å². The van der Waals surface area contributed by atoms with Gasteiger partial charge in [-0.3, -0.25) is 0 Å². The number of hydrogen-bond acceptors (Lipinski definition) is 4. The molecule has 0 bridgehead atoms. The summed E-state index contributed by atoms with van der Waals surface area (Å²) in [6, 6.07) is 15.7. The van der Waals surface area contributed by atoms with Crippen LogP contribution in [0.1, 0.15) is 17.9 Å². The Morgan fingerprint density at radius 1 is 1.04 bits per heavy atom. The highest BCUT2D eigenvalue weighted by molar-refractivity contribution is 6.30. The summed E-state index contributed by atoms with van der Waals surface area (Å²) in [5, 5.41) is 8.82. The van der Waals surface area contributed by atoms with Gasteiger partial charge in [0.25, 0.3) is 5.89 Å². The number of benzene rings is 2. The number of aryl methyl sites for hydroxylation is 2. The van der Waals surface area contributed by atoms with E-state index in [0.29, 0.717) is 28.1 Å². The van der Waals surface area contributed by atoms with E-state index in [1.165, 1.54) is 5.56 Å². The number of aromatic nitrogens is 2. The molecule has 1 aromatic heterocycles.